The van der Waals surface area contributed by atoms with Gasteiger partial charge in [0.05, 0.1) is 6.04 Å². The molecule has 2 aliphatic rings. The summed E-state index contributed by atoms with van der Waals surface area (Å²) < 4.78 is 10.6. The van der Waals surface area contributed by atoms with Crippen molar-refractivity contribution in [1.82, 2.24) is 5.32 Å². The van der Waals surface area contributed by atoms with Crippen LogP contribution in [0.1, 0.15) is 23.1 Å². The van der Waals surface area contributed by atoms with Crippen LogP contribution in [0.2, 0.25) is 0 Å². The lowest BCUT2D eigenvalue weighted by molar-refractivity contribution is -0.117. The van der Waals surface area contributed by atoms with Gasteiger partial charge in [-0.1, -0.05) is 12.1 Å². The number of hydrogen-bond donors (Lipinski definition) is 1. The summed E-state index contributed by atoms with van der Waals surface area (Å²) in [5.41, 5.74) is 4.05. The van der Waals surface area contributed by atoms with E-state index in [4.69, 9.17) is 9.47 Å². The maximum absolute atomic E-state index is 12.4. The van der Waals surface area contributed by atoms with E-state index in [1.54, 1.807) is 11.0 Å². The number of rotatable bonds is 4. The van der Waals surface area contributed by atoms with E-state index in [0.29, 0.717) is 24.5 Å². The molecular formula is C22H22N2O4. The molecule has 0 bridgehead atoms. The predicted molar refractivity (Wildman–Crippen MR) is 106 cm³/mol. The predicted octanol–water partition coefficient (Wildman–Crippen LogP) is 2.97. The number of benzene rings is 2. The molecule has 1 saturated heterocycles. The van der Waals surface area contributed by atoms with Crippen molar-refractivity contribution in [3.05, 3.63) is 59.2 Å². The highest BCUT2D eigenvalue weighted by molar-refractivity contribution is 5.98. The second-order valence-corrected chi connectivity index (χ2v) is 7.13. The highest BCUT2D eigenvalue weighted by Gasteiger charge is 2.31. The summed E-state index contributed by atoms with van der Waals surface area (Å²) in [5, 5.41) is 2.91. The zero-order chi connectivity index (χ0) is 19.7. The number of nitrogens with one attached hydrogen (secondary N) is 1. The third-order valence-corrected chi connectivity index (χ3v) is 5.10. The van der Waals surface area contributed by atoms with Gasteiger partial charge < -0.3 is 19.7 Å². The molecule has 1 N–H and O–H groups in total. The van der Waals surface area contributed by atoms with Gasteiger partial charge >= 0.3 is 0 Å². The molecule has 6 heteroatoms. The number of hydrogen-bond acceptors (Lipinski definition) is 4. The normalized spacial score (nSPS) is 18.1. The molecule has 2 aromatic rings. The van der Waals surface area contributed by atoms with Crippen LogP contribution in [-0.2, 0) is 9.59 Å². The fraction of sp³-hybridized carbons (Fsp3) is 0.273. The summed E-state index contributed by atoms with van der Waals surface area (Å²) in [5.74, 6) is 1.18. The average Bonchev–Trinajstić information content (AvgIpc) is 3.28. The Labute approximate surface area is 163 Å². The third-order valence-electron chi connectivity index (χ3n) is 5.10. The molecule has 1 fully saturated rings. The highest BCUT2D eigenvalue weighted by atomic mass is 16.7. The molecule has 0 spiro atoms. The molecule has 2 aromatic carbocycles. The highest BCUT2D eigenvalue weighted by Crippen LogP contribution is 2.32. The van der Waals surface area contributed by atoms with Crippen molar-refractivity contribution in [3.63, 3.8) is 0 Å². The summed E-state index contributed by atoms with van der Waals surface area (Å²) in [6.07, 6.45) is 3.49. The van der Waals surface area contributed by atoms with Crippen LogP contribution in [0, 0.1) is 13.8 Å². The van der Waals surface area contributed by atoms with Crippen molar-refractivity contribution < 1.29 is 19.1 Å². The van der Waals surface area contributed by atoms with Gasteiger partial charge in [0.15, 0.2) is 11.5 Å². The zero-order valence-corrected chi connectivity index (χ0v) is 15.9. The molecule has 1 unspecified atom stereocenters. The first-order valence-corrected chi connectivity index (χ1v) is 9.25. The fourth-order valence-corrected chi connectivity index (χ4v) is 3.39. The van der Waals surface area contributed by atoms with Crippen molar-refractivity contribution >= 4 is 23.6 Å². The van der Waals surface area contributed by atoms with Gasteiger partial charge in [0, 0.05) is 24.7 Å². The third kappa shape index (κ3) is 3.71. The number of anilines is 1. The van der Waals surface area contributed by atoms with Crippen LogP contribution in [0.3, 0.4) is 0 Å². The smallest absolute Gasteiger partial charge is 0.244 e. The van der Waals surface area contributed by atoms with Gasteiger partial charge in [-0.15, -0.1) is 0 Å². The van der Waals surface area contributed by atoms with Gasteiger partial charge in [-0.2, -0.15) is 0 Å². The van der Waals surface area contributed by atoms with Crippen molar-refractivity contribution in [3.8, 4) is 11.5 Å². The van der Waals surface area contributed by atoms with Crippen molar-refractivity contribution in [1.29, 1.82) is 0 Å². The number of amides is 2. The van der Waals surface area contributed by atoms with Crippen LogP contribution >= 0.6 is 0 Å². The second kappa shape index (κ2) is 7.38. The lowest BCUT2D eigenvalue weighted by atomic mass is 10.1. The lowest BCUT2D eigenvalue weighted by Gasteiger charge is -2.18. The summed E-state index contributed by atoms with van der Waals surface area (Å²) >= 11 is 0. The summed E-state index contributed by atoms with van der Waals surface area (Å²) in [4.78, 5) is 26.4. The molecule has 28 heavy (non-hydrogen) atoms. The maximum atomic E-state index is 12.4. The number of nitrogens with zero attached hydrogens (tertiary/aromatic N) is 1. The number of carbonyl (C=O) groups excluding carboxylic acids is 2. The molecule has 6 nitrogen and oxygen atoms in total. The molecule has 2 heterocycles. The molecular weight excluding hydrogens is 356 g/mol. The molecule has 0 aliphatic carbocycles. The monoisotopic (exact) mass is 378 g/mol. The summed E-state index contributed by atoms with van der Waals surface area (Å²) in [7, 11) is 0. The van der Waals surface area contributed by atoms with E-state index in [1.165, 1.54) is 11.6 Å². The first kappa shape index (κ1) is 18.1. The average molecular weight is 378 g/mol. The van der Waals surface area contributed by atoms with Crippen LogP contribution in [0.5, 0.6) is 11.5 Å². The number of fused-ring (bicyclic) bond motifs is 1. The van der Waals surface area contributed by atoms with E-state index in [1.807, 2.05) is 50.2 Å². The minimum atomic E-state index is -0.225. The van der Waals surface area contributed by atoms with Gasteiger partial charge in [0.2, 0.25) is 18.6 Å². The van der Waals surface area contributed by atoms with E-state index in [0.717, 1.165) is 16.8 Å². The van der Waals surface area contributed by atoms with E-state index in [2.05, 4.69) is 5.32 Å². The van der Waals surface area contributed by atoms with Gasteiger partial charge in [-0.25, -0.2) is 0 Å². The first-order chi connectivity index (χ1) is 13.5. The van der Waals surface area contributed by atoms with Crippen LogP contribution in [0.15, 0.2) is 42.5 Å². The Balaban J connectivity index is 1.37. The minimum absolute atomic E-state index is 0.0216. The summed E-state index contributed by atoms with van der Waals surface area (Å²) in [6.45, 7) is 4.76. The van der Waals surface area contributed by atoms with Gasteiger partial charge in [-0.3, -0.25) is 9.59 Å². The van der Waals surface area contributed by atoms with Crippen molar-refractivity contribution in [2.45, 2.75) is 26.3 Å². The van der Waals surface area contributed by atoms with Crippen molar-refractivity contribution in [2.75, 3.05) is 18.2 Å². The number of carbonyl (C=O) groups is 2. The molecule has 1 atom stereocenters. The standard InChI is InChI=1S/C22H22N2O4/c1-14-3-6-18(9-15(14)2)24-12-17(11-22(24)26)23-21(25)8-5-16-4-7-19-20(10-16)28-13-27-19/h3-10,17H,11-13H2,1-2H3,(H,23,25). The van der Waals surface area contributed by atoms with E-state index in [9.17, 15) is 9.59 Å². The molecule has 2 aliphatic heterocycles. The minimum Gasteiger partial charge on any atom is -0.454 e. The van der Waals surface area contributed by atoms with Gasteiger partial charge in [-0.05, 0) is 60.9 Å². The largest absolute Gasteiger partial charge is 0.454 e. The Bertz CT molecular complexity index is 967. The SMILES string of the molecule is Cc1ccc(N2CC(NC(=O)C=Cc3ccc4c(c3)OCO4)CC2=O)cc1C. The maximum Gasteiger partial charge on any atom is 0.244 e. The zero-order valence-electron chi connectivity index (χ0n) is 15.9. The molecule has 4 rings (SSSR count). The lowest BCUT2D eigenvalue weighted by Crippen LogP contribution is -2.36. The molecule has 0 saturated carbocycles. The van der Waals surface area contributed by atoms with Crippen LogP contribution in [-0.4, -0.2) is 31.2 Å². The summed E-state index contributed by atoms with van der Waals surface area (Å²) in [6, 6.07) is 11.3. The first-order valence-electron chi connectivity index (χ1n) is 9.25. The Morgan fingerprint density at radius 2 is 1.93 bits per heavy atom. The van der Waals surface area contributed by atoms with Crippen LogP contribution in [0.4, 0.5) is 5.69 Å². The van der Waals surface area contributed by atoms with Crippen molar-refractivity contribution in [2.24, 2.45) is 0 Å². The quantitative estimate of drug-likeness (QED) is 0.831. The topological polar surface area (TPSA) is 67.9 Å². The van der Waals surface area contributed by atoms with Gasteiger partial charge in [0.25, 0.3) is 0 Å². The molecule has 2 amide bonds. The Hall–Kier alpha value is -3.28. The van der Waals surface area contributed by atoms with Crippen LogP contribution < -0.4 is 19.7 Å². The fourth-order valence-electron chi connectivity index (χ4n) is 3.39. The Morgan fingerprint density at radius 1 is 1.11 bits per heavy atom. The van der Waals surface area contributed by atoms with E-state index < -0.39 is 0 Å². The Kier molecular flexibility index (Phi) is 4.77. The number of ether oxygens (including phenoxy) is 2. The molecule has 144 valence electrons. The van der Waals surface area contributed by atoms with Crippen LogP contribution in [0.25, 0.3) is 6.08 Å². The molecule has 0 aromatic heterocycles. The second-order valence-electron chi connectivity index (χ2n) is 7.13. The van der Waals surface area contributed by atoms with E-state index in [-0.39, 0.29) is 24.6 Å². The number of aryl methyl sites for hydroxylation is 2. The van der Waals surface area contributed by atoms with E-state index >= 15 is 0 Å². The molecule has 0 radical (unpaired) electrons. The Morgan fingerprint density at radius 3 is 2.75 bits per heavy atom. The van der Waals surface area contributed by atoms with Gasteiger partial charge in [0.1, 0.15) is 0 Å².